The Morgan fingerprint density at radius 3 is 2.00 bits per heavy atom. The minimum atomic E-state index is -1.28. The van der Waals surface area contributed by atoms with Gasteiger partial charge >= 0.3 is 0 Å². The lowest BCUT2D eigenvalue weighted by Crippen LogP contribution is -2.14. The Kier molecular flexibility index (Phi) is 2.93. The van der Waals surface area contributed by atoms with Crippen molar-refractivity contribution in [3.8, 4) is 33.4 Å². The van der Waals surface area contributed by atoms with Gasteiger partial charge in [0.05, 0.1) is 28.8 Å². The molecule has 0 spiro atoms. The molecule has 1 aliphatic rings. The third-order valence-electron chi connectivity index (χ3n) is 9.39. The quantitative estimate of drug-likeness (QED) is 0.170. The van der Waals surface area contributed by atoms with Crippen LogP contribution in [0.3, 0.4) is 0 Å². The van der Waals surface area contributed by atoms with Crippen LogP contribution in [-0.2, 0) is 5.41 Å². The molecule has 1 heterocycles. The fraction of sp³-hybridized carbons (Fsp3) is 0.125. The van der Waals surface area contributed by atoms with Crippen molar-refractivity contribution in [2.24, 2.45) is 0 Å². The summed E-state index contributed by atoms with van der Waals surface area (Å²) in [5.74, 6) is 0. The van der Waals surface area contributed by atoms with Gasteiger partial charge in [0, 0.05) is 16.2 Å². The highest BCUT2D eigenvalue weighted by Crippen LogP contribution is 2.52. The first kappa shape index (κ1) is 14.4. The minimum absolute atomic E-state index is 0.0272. The normalized spacial score (nSPS) is 19.6. The summed E-state index contributed by atoms with van der Waals surface area (Å²) in [6.45, 7) is 7.57. The fourth-order valence-corrected chi connectivity index (χ4v) is 7.08. The van der Waals surface area contributed by atoms with Gasteiger partial charge in [-0.1, -0.05) is 122 Å². The number of hydrogen-bond acceptors (Lipinski definition) is 1. The lowest BCUT2D eigenvalue weighted by atomic mass is 9.81. The Hall–Kier alpha value is -5.66. The molecule has 10 rings (SSSR count). The van der Waals surface area contributed by atoms with Crippen LogP contribution in [0.4, 0.5) is 0 Å². The summed E-state index contributed by atoms with van der Waals surface area (Å²) in [6, 6.07) is -11.7. The zero-order valence-corrected chi connectivity index (χ0v) is 26.9. The molecule has 0 aliphatic heterocycles. The van der Waals surface area contributed by atoms with Gasteiger partial charge in [-0.05, 0) is 133 Å². The summed E-state index contributed by atoms with van der Waals surface area (Å²) in [6.07, 6.45) is 0. The molecule has 0 N–H and O–H groups in total. The van der Waals surface area contributed by atoms with Gasteiger partial charge in [-0.2, -0.15) is 0 Å². The third kappa shape index (κ3) is 3.99. The zero-order chi connectivity index (χ0) is 51.5. The fourth-order valence-electron chi connectivity index (χ4n) is 7.08. The van der Waals surface area contributed by atoms with Crippen LogP contribution < -0.4 is 0 Å². The Morgan fingerprint density at radius 2 is 1.16 bits per heavy atom. The minimum Gasteiger partial charge on any atom is -0.456 e. The number of furan rings is 1. The van der Waals surface area contributed by atoms with Crippen LogP contribution in [0.25, 0.3) is 87.6 Å². The summed E-state index contributed by atoms with van der Waals surface area (Å²) in [5, 5.41) is -2.58. The van der Waals surface area contributed by atoms with Crippen LogP contribution in [0.15, 0.2) is 131 Å². The summed E-state index contributed by atoms with van der Waals surface area (Å²) in [4.78, 5) is 0. The Bertz CT molecular complexity index is 3990. The summed E-state index contributed by atoms with van der Waals surface area (Å²) in [5.41, 5.74) is -3.42. The molecular formula is C48H36O. The van der Waals surface area contributed by atoms with E-state index in [0.29, 0.717) is 0 Å². The van der Waals surface area contributed by atoms with Gasteiger partial charge in [0.25, 0.3) is 0 Å². The first-order chi connectivity index (χ1) is 32.6. The highest BCUT2D eigenvalue weighted by atomic mass is 16.3. The molecule has 0 saturated carbocycles. The average Bonchev–Trinajstić information content (AvgIpc) is 3.85. The molecule has 8 aromatic carbocycles. The van der Waals surface area contributed by atoms with Crippen molar-refractivity contribution in [3.63, 3.8) is 0 Å². The third-order valence-corrected chi connectivity index (χ3v) is 9.39. The molecule has 1 nitrogen and oxygen atoms in total. The Labute approximate surface area is 315 Å². The van der Waals surface area contributed by atoms with Crippen LogP contribution in [0, 0.1) is 20.8 Å². The van der Waals surface area contributed by atoms with E-state index in [4.69, 9.17) is 18.1 Å². The van der Waals surface area contributed by atoms with E-state index in [1.165, 1.54) is 20.8 Å². The predicted molar refractivity (Wildman–Crippen MR) is 209 cm³/mol. The lowest BCUT2D eigenvalue weighted by molar-refractivity contribution is 0.660. The van der Waals surface area contributed by atoms with Crippen molar-refractivity contribution >= 4 is 54.3 Å². The molecule has 0 radical (unpaired) electrons. The highest BCUT2D eigenvalue weighted by Gasteiger charge is 2.35. The van der Waals surface area contributed by atoms with Crippen LogP contribution in [-0.4, -0.2) is 0 Å². The monoisotopic (exact) mass is 649 g/mol. The first-order valence-corrected chi connectivity index (χ1v) is 15.7. The molecule has 234 valence electrons. The Morgan fingerprint density at radius 1 is 0.490 bits per heavy atom. The molecule has 1 aliphatic carbocycles. The number of aryl methyl sites for hydroxylation is 1. The van der Waals surface area contributed by atoms with Crippen molar-refractivity contribution < 1.29 is 33.2 Å². The summed E-state index contributed by atoms with van der Waals surface area (Å²) < 4.78 is 200. The van der Waals surface area contributed by atoms with Crippen molar-refractivity contribution in [3.05, 3.63) is 155 Å². The predicted octanol–water partition coefficient (Wildman–Crippen LogP) is 13.6. The topological polar surface area (TPSA) is 13.1 Å². The molecule has 0 fully saturated rings. The van der Waals surface area contributed by atoms with Gasteiger partial charge < -0.3 is 4.42 Å². The van der Waals surface area contributed by atoms with E-state index >= 15 is 0 Å². The van der Waals surface area contributed by atoms with E-state index in [1.807, 2.05) is 0 Å². The van der Waals surface area contributed by atoms with Gasteiger partial charge in [0.2, 0.25) is 0 Å². The number of fused-ring (bicyclic) bond motifs is 9. The van der Waals surface area contributed by atoms with Crippen molar-refractivity contribution in [1.29, 1.82) is 0 Å². The molecular weight excluding hydrogens is 593 g/mol. The second kappa shape index (κ2) is 9.94. The molecule has 1 aromatic heterocycles. The number of hydrogen-bond donors (Lipinski definition) is 0. The van der Waals surface area contributed by atoms with Crippen molar-refractivity contribution in [2.75, 3.05) is 0 Å². The lowest BCUT2D eigenvalue weighted by Gasteiger charge is -2.22. The molecule has 0 unspecified atom stereocenters. The van der Waals surface area contributed by atoms with Gasteiger partial charge in [0.1, 0.15) is 11.2 Å². The molecule has 49 heavy (non-hydrogen) atoms. The van der Waals surface area contributed by atoms with Crippen LogP contribution in [0.5, 0.6) is 0 Å². The van der Waals surface area contributed by atoms with E-state index in [9.17, 15) is 15.1 Å². The van der Waals surface area contributed by atoms with Gasteiger partial charge in [-0.25, -0.2) is 0 Å². The highest BCUT2D eigenvalue weighted by molar-refractivity contribution is 6.23. The van der Waals surface area contributed by atoms with Crippen LogP contribution >= 0.6 is 0 Å². The Balaban J connectivity index is 1.49. The molecule has 0 atom stereocenters. The summed E-state index contributed by atoms with van der Waals surface area (Å²) >= 11 is 0. The number of rotatable bonds is 2. The molecule has 0 bridgehead atoms. The smallest absolute Gasteiger partial charge is 0.136 e. The largest absolute Gasteiger partial charge is 0.456 e. The second-order valence-corrected chi connectivity index (χ2v) is 12.9. The van der Waals surface area contributed by atoms with Gasteiger partial charge in [-0.15, -0.1) is 0 Å². The molecule has 0 saturated heterocycles. The van der Waals surface area contributed by atoms with Gasteiger partial charge in [-0.3, -0.25) is 0 Å². The van der Waals surface area contributed by atoms with Crippen molar-refractivity contribution in [2.45, 2.75) is 40.0 Å². The van der Waals surface area contributed by atoms with Gasteiger partial charge in [0.15, 0.2) is 0 Å². The van der Waals surface area contributed by atoms with Crippen LogP contribution in [0.1, 0.15) is 70.5 Å². The first-order valence-electron chi connectivity index (χ1n) is 26.2. The maximum absolute atomic E-state index is 10.0. The average molecular weight is 650 g/mol. The molecule has 9 aromatic rings. The maximum Gasteiger partial charge on any atom is 0.136 e. The van der Waals surface area contributed by atoms with E-state index in [0.717, 1.165) is 0 Å². The SMILES string of the molecule is [2H]c1c([2H])c2c(c([2H])c1C)-c1c([2H])c(-c3c4c([2H])c([2H])c(C)c([2H])c4c(-c4c([2H])c([2H])c5oc6c([2H])c7c([2H])c([2H])c([2H])c([2H])c7c([2H])c6c5c4[2H])c4c(C)c([2H])c([2H])c([2H])c34)c([2H])c([2H])c1C2(C)C. The van der Waals surface area contributed by atoms with E-state index < -0.39 is 136 Å². The summed E-state index contributed by atoms with van der Waals surface area (Å²) in [7, 11) is 0. The van der Waals surface area contributed by atoms with Crippen molar-refractivity contribution in [1.82, 2.24) is 0 Å². The number of benzene rings is 8. The zero-order valence-electron chi connectivity index (χ0n) is 47.9. The molecule has 1 heteroatoms. The van der Waals surface area contributed by atoms with Crippen LogP contribution in [0.2, 0.25) is 0 Å². The maximum atomic E-state index is 10.0. The standard InChI is InChI=1S/C48H36O/c1-27-13-17-34-40(22-27)47(33-16-20-43-38(25-33)39-23-30-10-6-7-11-31(30)26-44(39)49-43)45-29(3)9-8-12-35(45)46(34)32-15-19-42-37(24-32)36-21-28(2)14-18-41(36)48(42,4)5/h6-26H,1-5H3/i6D,7D,8D,9D,10D,11D,12D,13D,14D,15D,16D,17D,18D,19D,20D,21D,22D,23D,24D,25D,26D. The van der Waals surface area contributed by atoms with E-state index in [1.54, 1.807) is 13.8 Å². The van der Waals surface area contributed by atoms with E-state index in [-0.39, 0.29) is 111 Å². The second-order valence-electron chi connectivity index (χ2n) is 12.9. The molecule has 0 amide bonds. The van der Waals surface area contributed by atoms with E-state index in [2.05, 4.69) is 0 Å².